The van der Waals surface area contributed by atoms with Crippen LogP contribution in [0.2, 0.25) is 5.02 Å². The molecule has 142 valence electrons. The van der Waals surface area contributed by atoms with Crippen LogP contribution < -0.4 is 10.5 Å². The van der Waals surface area contributed by atoms with Crippen molar-refractivity contribution in [2.75, 3.05) is 19.7 Å². The molecule has 2 N–H and O–H groups in total. The second kappa shape index (κ2) is 9.82. The van der Waals surface area contributed by atoms with Crippen LogP contribution in [0, 0.1) is 5.82 Å². The molecule has 25 heavy (non-hydrogen) atoms. The maximum absolute atomic E-state index is 13.8. The van der Waals surface area contributed by atoms with Gasteiger partial charge in [-0.15, -0.1) is 0 Å². The van der Waals surface area contributed by atoms with Gasteiger partial charge >= 0.3 is 6.09 Å². The Hall–Kier alpha value is -1.53. The van der Waals surface area contributed by atoms with E-state index in [9.17, 15) is 9.18 Å². The lowest BCUT2D eigenvalue weighted by molar-refractivity contribution is 0.0600. The zero-order valence-corrected chi connectivity index (χ0v) is 16.2. The Labute approximate surface area is 154 Å². The number of nitrogens with two attached hydrogens (primary N) is 1. The minimum absolute atomic E-state index is 0.232. The molecular formula is C18H28ClFN2O3. The molecule has 1 aromatic carbocycles. The molecule has 0 atom stereocenters. The normalized spacial score (nSPS) is 14.6. The SMILES string of the molecule is CC(C)(C)OC(N)=O.CCOc1cc(F)c(CN2CCCC2)cc1Cl. The zero-order chi connectivity index (χ0) is 19.0. The van der Waals surface area contributed by atoms with Crippen LogP contribution in [0.25, 0.3) is 0 Å². The monoisotopic (exact) mass is 374 g/mol. The number of primary amides is 1. The standard InChI is InChI=1S/C13H17ClFNO.C5H11NO2/c1-2-17-13-8-12(15)10(7-11(13)14)9-16-5-3-4-6-16;1-5(2,3)8-4(6)7/h7-8H,2-6,9H2,1H3;1-3H3,(H2,6,7). The van der Waals surface area contributed by atoms with E-state index in [0.717, 1.165) is 13.1 Å². The van der Waals surface area contributed by atoms with Crippen LogP contribution in [0.4, 0.5) is 9.18 Å². The largest absolute Gasteiger partial charge is 0.492 e. The van der Waals surface area contributed by atoms with Gasteiger partial charge in [0.15, 0.2) is 0 Å². The van der Waals surface area contributed by atoms with Gasteiger partial charge in [-0.3, -0.25) is 4.90 Å². The summed E-state index contributed by atoms with van der Waals surface area (Å²) in [7, 11) is 0. The van der Waals surface area contributed by atoms with Gasteiger partial charge in [0, 0.05) is 18.2 Å². The first-order valence-electron chi connectivity index (χ1n) is 8.44. The first-order valence-corrected chi connectivity index (χ1v) is 8.81. The van der Waals surface area contributed by atoms with E-state index in [1.54, 1.807) is 26.8 Å². The van der Waals surface area contributed by atoms with Gasteiger partial charge in [0.25, 0.3) is 0 Å². The van der Waals surface area contributed by atoms with Crippen molar-refractivity contribution in [3.05, 3.63) is 28.5 Å². The maximum Gasteiger partial charge on any atom is 0.405 e. The van der Waals surface area contributed by atoms with Crippen molar-refractivity contribution in [2.45, 2.75) is 52.7 Å². The molecule has 1 aliphatic rings. The van der Waals surface area contributed by atoms with Crippen molar-refractivity contribution in [3.63, 3.8) is 0 Å². The molecule has 1 heterocycles. The number of hydrogen-bond donors (Lipinski definition) is 1. The molecular weight excluding hydrogens is 347 g/mol. The molecule has 2 rings (SSSR count). The lowest BCUT2D eigenvalue weighted by Crippen LogP contribution is -2.27. The summed E-state index contributed by atoms with van der Waals surface area (Å²) in [6.45, 7) is 10.4. The second-order valence-electron chi connectivity index (χ2n) is 6.82. The van der Waals surface area contributed by atoms with Crippen molar-refractivity contribution in [1.82, 2.24) is 4.90 Å². The van der Waals surface area contributed by atoms with Crippen LogP contribution in [0.5, 0.6) is 5.75 Å². The number of carbonyl (C=O) groups excluding carboxylic acids is 1. The third kappa shape index (κ3) is 8.40. The Morgan fingerprint density at radius 3 is 2.36 bits per heavy atom. The highest BCUT2D eigenvalue weighted by molar-refractivity contribution is 6.32. The molecule has 1 aromatic rings. The fourth-order valence-corrected chi connectivity index (χ4v) is 2.68. The van der Waals surface area contributed by atoms with Crippen LogP contribution in [0.15, 0.2) is 12.1 Å². The molecule has 5 nitrogen and oxygen atoms in total. The van der Waals surface area contributed by atoms with Gasteiger partial charge in [-0.2, -0.15) is 0 Å². The molecule has 1 saturated heterocycles. The van der Waals surface area contributed by atoms with Crippen molar-refractivity contribution in [3.8, 4) is 5.75 Å². The number of carbonyl (C=O) groups is 1. The summed E-state index contributed by atoms with van der Waals surface area (Å²) < 4.78 is 23.7. The van der Waals surface area contributed by atoms with E-state index in [0.29, 0.717) is 29.5 Å². The third-order valence-corrected chi connectivity index (χ3v) is 3.70. The van der Waals surface area contributed by atoms with Gasteiger partial charge in [0.05, 0.1) is 11.6 Å². The van der Waals surface area contributed by atoms with Crippen molar-refractivity contribution >= 4 is 17.7 Å². The van der Waals surface area contributed by atoms with E-state index < -0.39 is 11.7 Å². The van der Waals surface area contributed by atoms with Gasteiger partial charge in [-0.05, 0) is 59.7 Å². The van der Waals surface area contributed by atoms with Crippen molar-refractivity contribution in [2.24, 2.45) is 5.73 Å². The molecule has 0 spiro atoms. The predicted octanol–water partition coefficient (Wildman–Crippen LogP) is 4.35. The third-order valence-electron chi connectivity index (χ3n) is 3.40. The summed E-state index contributed by atoms with van der Waals surface area (Å²) >= 11 is 6.06. The number of nitrogens with zero attached hydrogens (tertiary/aromatic N) is 1. The molecule has 1 fully saturated rings. The summed E-state index contributed by atoms with van der Waals surface area (Å²) in [6.07, 6.45) is 1.68. The average Bonchev–Trinajstić information content (AvgIpc) is 2.95. The molecule has 0 radical (unpaired) electrons. The topological polar surface area (TPSA) is 64.8 Å². The van der Waals surface area contributed by atoms with E-state index >= 15 is 0 Å². The molecule has 1 aliphatic heterocycles. The Morgan fingerprint density at radius 2 is 1.92 bits per heavy atom. The van der Waals surface area contributed by atoms with Gasteiger partial charge in [-0.1, -0.05) is 11.6 Å². The molecule has 1 amide bonds. The molecule has 7 heteroatoms. The van der Waals surface area contributed by atoms with E-state index in [1.807, 2.05) is 6.92 Å². The smallest absolute Gasteiger partial charge is 0.405 e. The summed E-state index contributed by atoms with van der Waals surface area (Å²) in [5, 5.41) is 0.488. The number of ether oxygens (including phenoxy) is 2. The first-order chi connectivity index (χ1) is 11.6. The van der Waals surface area contributed by atoms with Gasteiger partial charge < -0.3 is 15.2 Å². The highest BCUT2D eigenvalue weighted by Gasteiger charge is 2.16. The highest BCUT2D eigenvalue weighted by Crippen LogP contribution is 2.28. The molecule has 0 unspecified atom stereocenters. The fraction of sp³-hybridized carbons (Fsp3) is 0.611. The highest BCUT2D eigenvalue weighted by atomic mass is 35.5. The number of rotatable bonds is 4. The Morgan fingerprint density at radius 1 is 1.32 bits per heavy atom. The summed E-state index contributed by atoms with van der Waals surface area (Å²) in [4.78, 5) is 12.3. The predicted molar refractivity (Wildman–Crippen MR) is 97.5 cm³/mol. The summed E-state index contributed by atoms with van der Waals surface area (Å²) in [6, 6.07) is 3.07. The van der Waals surface area contributed by atoms with Gasteiger partial charge in [0.2, 0.25) is 0 Å². The second-order valence-corrected chi connectivity index (χ2v) is 7.23. The first kappa shape index (κ1) is 21.5. The van der Waals surface area contributed by atoms with Gasteiger partial charge in [0.1, 0.15) is 17.2 Å². The lowest BCUT2D eigenvalue weighted by Gasteiger charge is -2.16. The summed E-state index contributed by atoms with van der Waals surface area (Å²) in [5.41, 5.74) is 4.92. The minimum Gasteiger partial charge on any atom is -0.492 e. The lowest BCUT2D eigenvalue weighted by atomic mass is 10.2. The van der Waals surface area contributed by atoms with E-state index in [4.69, 9.17) is 22.1 Å². The Kier molecular flexibility index (Phi) is 8.45. The number of hydrogen-bond acceptors (Lipinski definition) is 4. The summed E-state index contributed by atoms with van der Waals surface area (Å²) in [5.74, 6) is 0.196. The average molecular weight is 375 g/mol. The molecule has 0 bridgehead atoms. The maximum atomic E-state index is 13.8. The van der Waals surface area contributed by atoms with Gasteiger partial charge in [-0.25, -0.2) is 9.18 Å². The van der Waals surface area contributed by atoms with Crippen LogP contribution in [0.1, 0.15) is 46.1 Å². The zero-order valence-electron chi connectivity index (χ0n) is 15.4. The number of halogens is 2. The quantitative estimate of drug-likeness (QED) is 0.850. The number of amides is 1. The molecule has 0 aromatic heterocycles. The van der Waals surface area contributed by atoms with Crippen molar-refractivity contribution in [1.29, 1.82) is 0 Å². The van der Waals surface area contributed by atoms with Crippen LogP contribution in [-0.4, -0.2) is 36.3 Å². The van der Waals surface area contributed by atoms with E-state index in [2.05, 4.69) is 9.64 Å². The van der Waals surface area contributed by atoms with Crippen LogP contribution in [0.3, 0.4) is 0 Å². The number of likely N-dealkylation sites (tertiary alicyclic amines) is 1. The minimum atomic E-state index is -0.725. The van der Waals surface area contributed by atoms with E-state index in [1.165, 1.54) is 18.9 Å². The van der Waals surface area contributed by atoms with Crippen LogP contribution in [-0.2, 0) is 11.3 Å². The van der Waals surface area contributed by atoms with Crippen molar-refractivity contribution < 1.29 is 18.7 Å². The van der Waals surface area contributed by atoms with Crippen LogP contribution >= 0.6 is 11.6 Å². The fourth-order valence-electron chi connectivity index (χ4n) is 2.44. The van der Waals surface area contributed by atoms with E-state index in [-0.39, 0.29) is 5.82 Å². The Bertz CT molecular complexity index is 570. The Balaban J connectivity index is 0.000000333. The molecule has 0 aliphatic carbocycles. The number of benzene rings is 1. The molecule has 0 saturated carbocycles.